The monoisotopic (exact) mass is 504 g/mol. The molecule has 0 spiro atoms. The number of rotatable bonds is 6. The molecule has 1 fully saturated rings. The topological polar surface area (TPSA) is 185 Å². The van der Waals surface area contributed by atoms with Crippen molar-refractivity contribution in [2.75, 3.05) is 13.7 Å². The van der Waals surface area contributed by atoms with Crippen LogP contribution in [0.15, 0.2) is 45.6 Å². The summed E-state index contributed by atoms with van der Waals surface area (Å²) in [6.45, 7) is 0.737. The van der Waals surface area contributed by atoms with Crippen LogP contribution in [0.1, 0.15) is 6.92 Å². The molecule has 0 aliphatic carbocycles. The fourth-order valence-corrected chi connectivity index (χ4v) is 3.76. The molecule has 1 aliphatic heterocycles. The Kier molecular flexibility index (Phi) is 7.04. The van der Waals surface area contributed by atoms with Crippen LogP contribution in [0.4, 0.5) is 0 Å². The van der Waals surface area contributed by atoms with E-state index in [1.807, 2.05) is 0 Å². The molecule has 1 saturated heterocycles. The SMILES string of the molecule is COc1ccc(-c2oc3cc(O[C@@H]4O[C@H](COC(C)=O)[C@@H](O)[C@H](O)[C@H]4O)cc(O)c3c(=O)c2O)cc1. The van der Waals surface area contributed by atoms with E-state index in [0.29, 0.717) is 11.3 Å². The zero-order chi connectivity index (χ0) is 26.1. The number of methoxy groups -OCH3 is 1. The average Bonchev–Trinajstić information content (AvgIpc) is 2.85. The van der Waals surface area contributed by atoms with E-state index in [0.717, 1.165) is 13.0 Å². The number of phenolic OH excluding ortho intramolecular Hbond substituents is 1. The van der Waals surface area contributed by atoms with Gasteiger partial charge in [-0.05, 0) is 24.3 Å². The smallest absolute Gasteiger partial charge is 0.302 e. The number of benzene rings is 2. The first-order chi connectivity index (χ1) is 17.1. The molecule has 0 amide bonds. The van der Waals surface area contributed by atoms with E-state index in [-0.39, 0.29) is 22.5 Å². The van der Waals surface area contributed by atoms with Gasteiger partial charge < -0.3 is 48.9 Å². The van der Waals surface area contributed by atoms with Crippen molar-refractivity contribution in [1.29, 1.82) is 0 Å². The normalized spacial score (nSPS) is 23.9. The Hall–Kier alpha value is -3.84. The number of aliphatic hydroxyl groups is 3. The van der Waals surface area contributed by atoms with Crippen molar-refractivity contribution in [3.8, 4) is 34.3 Å². The summed E-state index contributed by atoms with van der Waals surface area (Å²) in [6.07, 6.45) is -7.76. The summed E-state index contributed by atoms with van der Waals surface area (Å²) >= 11 is 0. The molecule has 12 heteroatoms. The van der Waals surface area contributed by atoms with E-state index >= 15 is 0 Å². The molecule has 1 aromatic heterocycles. The fourth-order valence-electron chi connectivity index (χ4n) is 3.76. The standard InChI is InChI=1S/C24H24O12/c1-10(25)33-9-16-18(27)20(29)22(31)24(36-16)34-13-7-14(26)17-15(8-13)35-23(21(30)19(17)28)11-3-5-12(32-2)6-4-11/h3-8,16,18,20,22,24,26-27,29-31H,9H2,1-2H3/t16-,18-,20+,22-,24-/m1/s1. The number of carbonyl (C=O) groups excluding carboxylic acids is 1. The van der Waals surface area contributed by atoms with E-state index < -0.39 is 60.2 Å². The third kappa shape index (κ3) is 4.79. The van der Waals surface area contributed by atoms with Crippen LogP contribution >= 0.6 is 0 Å². The predicted octanol–water partition coefficient (Wildman–Crippen LogP) is 0.629. The highest BCUT2D eigenvalue weighted by Gasteiger charge is 2.45. The molecule has 0 saturated carbocycles. The number of hydrogen-bond donors (Lipinski definition) is 5. The molecule has 4 rings (SSSR count). The van der Waals surface area contributed by atoms with Crippen molar-refractivity contribution < 1.29 is 53.7 Å². The van der Waals surface area contributed by atoms with Crippen LogP contribution in [0.5, 0.6) is 23.0 Å². The lowest BCUT2D eigenvalue weighted by Crippen LogP contribution is -2.60. The number of fused-ring (bicyclic) bond motifs is 1. The number of phenols is 1. The highest BCUT2D eigenvalue weighted by molar-refractivity contribution is 5.88. The van der Waals surface area contributed by atoms with Gasteiger partial charge in [-0.25, -0.2) is 0 Å². The molecule has 192 valence electrons. The first kappa shape index (κ1) is 25.3. The van der Waals surface area contributed by atoms with Crippen molar-refractivity contribution in [3.05, 3.63) is 46.6 Å². The summed E-state index contributed by atoms with van der Waals surface area (Å²) in [5.41, 5.74) is -0.685. The van der Waals surface area contributed by atoms with Gasteiger partial charge in [-0.1, -0.05) is 0 Å². The van der Waals surface area contributed by atoms with E-state index in [1.165, 1.54) is 13.2 Å². The zero-order valence-corrected chi connectivity index (χ0v) is 19.2. The molecule has 5 atom stereocenters. The number of aliphatic hydroxyl groups excluding tert-OH is 3. The van der Waals surface area contributed by atoms with Gasteiger partial charge in [-0.2, -0.15) is 0 Å². The summed E-state index contributed by atoms with van der Waals surface area (Å²) in [5, 5.41) is 51.2. The predicted molar refractivity (Wildman–Crippen MR) is 122 cm³/mol. The molecular weight excluding hydrogens is 480 g/mol. The van der Waals surface area contributed by atoms with Crippen molar-refractivity contribution >= 4 is 16.9 Å². The molecule has 2 heterocycles. The van der Waals surface area contributed by atoms with Gasteiger partial charge in [-0.15, -0.1) is 0 Å². The van der Waals surface area contributed by atoms with Crippen LogP contribution in [0, 0.1) is 0 Å². The van der Waals surface area contributed by atoms with Gasteiger partial charge >= 0.3 is 5.97 Å². The summed E-state index contributed by atoms with van der Waals surface area (Å²) in [4.78, 5) is 23.9. The quantitative estimate of drug-likeness (QED) is 0.295. The molecule has 5 N–H and O–H groups in total. The third-order valence-electron chi connectivity index (χ3n) is 5.65. The van der Waals surface area contributed by atoms with Crippen LogP contribution < -0.4 is 14.9 Å². The molecular formula is C24H24O12. The van der Waals surface area contributed by atoms with Gasteiger partial charge in [0.2, 0.25) is 17.5 Å². The summed E-state index contributed by atoms with van der Waals surface area (Å²) in [6, 6.07) is 8.57. The molecule has 1 aliphatic rings. The van der Waals surface area contributed by atoms with Crippen molar-refractivity contribution in [2.45, 2.75) is 37.6 Å². The highest BCUT2D eigenvalue weighted by atomic mass is 16.7. The van der Waals surface area contributed by atoms with Gasteiger partial charge in [0.15, 0.2) is 5.76 Å². The molecule has 0 bridgehead atoms. The molecule has 0 unspecified atom stereocenters. The minimum absolute atomic E-state index is 0.131. The maximum Gasteiger partial charge on any atom is 0.302 e. The summed E-state index contributed by atoms with van der Waals surface area (Å²) in [5.74, 6) is -1.70. The molecule has 12 nitrogen and oxygen atoms in total. The number of esters is 1. The zero-order valence-electron chi connectivity index (χ0n) is 19.2. The van der Waals surface area contributed by atoms with Crippen LogP contribution in [-0.2, 0) is 14.3 Å². The molecule has 0 radical (unpaired) electrons. The van der Waals surface area contributed by atoms with Crippen molar-refractivity contribution in [1.82, 2.24) is 0 Å². The lowest BCUT2D eigenvalue weighted by atomic mass is 9.99. The van der Waals surface area contributed by atoms with Gasteiger partial charge in [0, 0.05) is 24.6 Å². The van der Waals surface area contributed by atoms with E-state index in [1.54, 1.807) is 24.3 Å². The highest BCUT2D eigenvalue weighted by Crippen LogP contribution is 2.36. The third-order valence-corrected chi connectivity index (χ3v) is 5.65. The Morgan fingerprint density at radius 3 is 2.33 bits per heavy atom. The number of hydrogen-bond acceptors (Lipinski definition) is 12. The lowest BCUT2D eigenvalue weighted by molar-refractivity contribution is -0.278. The van der Waals surface area contributed by atoms with E-state index in [2.05, 4.69) is 0 Å². The first-order valence-electron chi connectivity index (χ1n) is 10.8. The summed E-state index contributed by atoms with van der Waals surface area (Å²) in [7, 11) is 1.48. The van der Waals surface area contributed by atoms with Gasteiger partial charge in [0.1, 0.15) is 59.2 Å². The van der Waals surface area contributed by atoms with Crippen LogP contribution in [-0.4, -0.2) is 75.9 Å². The maximum atomic E-state index is 12.8. The number of carbonyl (C=O) groups is 1. The van der Waals surface area contributed by atoms with Crippen molar-refractivity contribution in [2.24, 2.45) is 0 Å². The van der Waals surface area contributed by atoms with Gasteiger partial charge in [0.05, 0.1) is 7.11 Å². The Balaban J connectivity index is 1.68. The van der Waals surface area contributed by atoms with Gasteiger partial charge in [0.25, 0.3) is 0 Å². The number of ether oxygens (including phenoxy) is 4. The number of aromatic hydroxyl groups is 2. The van der Waals surface area contributed by atoms with Crippen molar-refractivity contribution in [3.63, 3.8) is 0 Å². The lowest BCUT2D eigenvalue weighted by Gasteiger charge is -2.39. The van der Waals surface area contributed by atoms with E-state index in [4.69, 9.17) is 23.4 Å². The van der Waals surface area contributed by atoms with E-state index in [9.17, 15) is 35.1 Å². The fraction of sp³-hybridized carbons (Fsp3) is 0.333. The van der Waals surface area contributed by atoms with Crippen LogP contribution in [0.25, 0.3) is 22.3 Å². The minimum atomic E-state index is -1.71. The maximum absolute atomic E-state index is 12.8. The van der Waals surface area contributed by atoms with Crippen LogP contribution in [0.2, 0.25) is 0 Å². The first-order valence-corrected chi connectivity index (χ1v) is 10.8. The molecule has 36 heavy (non-hydrogen) atoms. The summed E-state index contributed by atoms with van der Waals surface area (Å²) < 4.78 is 26.7. The largest absolute Gasteiger partial charge is 0.507 e. The van der Waals surface area contributed by atoms with Crippen LogP contribution in [0.3, 0.4) is 0 Å². The molecule has 3 aromatic rings. The molecule has 2 aromatic carbocycles. The average molecular weight is 504 g/mol. The second-order valence-electron chi connectivity index (χ2n) is 8.09. The minimum Gasteiger partial charge on any atom is -0.507 e. The van der Waals surface area contributed by atoms with Gasteiger partial charge in [-0.3, -0.25) is 9.59 Å². The Labute approximate surface area is 203 Å². The Morgan fingerprint density at radius 2 is 1.69 bits per heavy atom. The second kappa shape index (κ2) is 10.0. The Morgan fingerprint density at radius 1 is 1.00 bits per heavy atom. The Bertz CT molecular complexity index is 1320. The second-order valence-corrected chi connectivity index (χ2v) is 8.09.